The molecule has 2 heterocycles. The van der Waals surface area contributed by atoms with Crippen LogP contribution in [0.5, 0.6) is 5.75 Å². The Balaban J connectivity index is 1.40. The molecule has 0 bridgehead atoms. The zero-order valence-corrected chi connectivity index (χ0v) is 23.1. The summed E-state index contributed by atoms with van der Waals surface area (Å²) < 4.78 is 14.8. The first kappa shape index (κ1) is 26.2. The van der Waals surface area contributed by atoms with E-state index < -0.39 is 0 Å². The van der Waals surface area contributed by atoms with E-state index >= 15 is 0 Å². The van der Waals surface area contributed by atoms with Gasteiger partial charge in [-0.1, -0.05) is 46.3 Å². The van der Waals surface area contributed by atoms with E-state index in [1.165, 1.54) is 4.90 Å². The average molecular weight is 556 g/mol. The van der Waals surface area contributed by atoms with Crippen molar-refractivity contribution in [2.75, 3.05) is 25.0 Å². The van der Waals surface area contributed by atoms with Crippen LogP contribution >= 0.6 is 15.9 Å². The molecule has 2 aromatic carbocycles. The monoisotopic (exact) mass is 554 g/mol. The second-order valence-corrected chi connectivity index (χ2v) is 10.5. The van der Waals surface area contributed by atoms with Crippen molar-refractivity contribution in [1.29, 1.82) is 0 Å². The molecule has 0 saturated carbocycles. The maximum Gasteiger partial charge on any atom is 0.415 e. The summed E-state index contributed by atoms with van der Waals surface area (Å²) in [7, 11) is 1.71. The van der Waals surface area contributed by atoms with Gasteiger partial charge in [0.2, 0.25) is 0 Å². The maximum atomic E-state index is 12.8. The first-order valence-corrected chi connectivity index (χ1v) is 13.3. The van der Waals surface area contributed by atoms with Crippen molar-refractivity contribution in [1.82, 2.24) is 14.7 Å². The van der Waals surface area contributed by atoms with Crippen LogP contribution in [0.2, 0.25) is 0 Å². The van der Waals surface area contributed by atoms with Gasteiger partial charge >= 0.3 is 6.09 Å². The Bertz CT molecular complexity index is 1160. The first-order valence-electron chi connectivity index (χ1n) is 12.5. The molecule has 4 rings (SSSR count). The average Bonchev–Trinajstić information content (AvgIpc) is 3.24. The second-order valence-electron chi connectivity index (χ2n) is 9.60. The van der Waals surface area contributed by atoms with Crippen LogP contribution in [0.15, 0.2) is 59.1 Å². The lowest BCUT2D eigenvalue weighted by Crippen LogP contribution is -2.42. The van der Waals surface area contributed by atoms with Gasteiger partial charge in [-0.15, -0.1) is 0 Å². The van der Waals surface area contributed by atoms with Gasteiger partial charge in [-0.2, -0.15) is 5.10 Å². The molecule has 0 radical (unpaired) electrons. The third-order valence-electron chi connectivity index (χ3n) is 6.64. The Morgan fingerprint density at radius 3 is 2.56 bits per heavy atom. The highest BCUT2D eigenvalue weighted by molar-refractivity contribution is 9.10. The summed E-state index contributed by atoms with van der Waals surface area (Å²) in [6, 6.07) is 18.5. The number of likely N-dealkylation sites (tertiary alicyclic amines) is 1. The van der Waals surface area contributed by atoms with Crippen LogP contribution < -0.4 is 9.64 Å². The van der Waals surface area contributed by atoms with Gasteiger partial charge in [0.15, 0.2) is 5.82 Å². The van der Waals surface area contributed by atoms with Crippen molar-refractivity contribution in [2.45, 2.75) is 58.9 Å². The number of amides is 1. The number of anilines is 1. The van der Waals surface area contributed by atoms with Gasteiger partial charge in [0.1, 0.15) is 18.5 Å². The van der Waals surface area contributed by atoms with Crippen LogP contribution in [0, 0.1) is 6.92 Å². The van der Waals surface area contributed by atoms with E-state index in [1.54, 1.807) is 7.05 Å². The van der Waals surface area contributed by atoms with Crippen molar-refractivity contribution in [2.24, 2.45) is 0 Å². The Morgan fingerprint density at radius 2 is 1.86 bits per heavy atom. The second kappa shape index (κ2) is 11.9. The lowest BCUT2D eigenvalue weighted by molar-refractivity contribution is 0.0466. The smallest absolute Gasteiger partial charge is 0.415 e. The van der Waals surface area contributed by atoms with Crippen LogP contribution in [-0.2, 0) is 17.9 Å². The minimum atomic E-state index is -0.364. The highest BCUT2D eigenvalue weighted by Crippen LogP contribution is 2.26. The number of hydrogen-bond acceptors (Lipinski definition) is 5. The molecule has 3 aromatic rings. The highest BCUT2D eigenvalue weighted by atomic mass is 79.9. The highest BCUT2D eigenvalue weighted by Gasteiger charge is 2.26. The number of piperidine rings is 1. The first-order chi connectivity index (χ1) is 17.3. The van der Waals surface area contributed by atoms with Crippen LogP contribution in [0.4, 0.5) is 10.6 Å². The third-order valence-corrected chi connectivity index (χ3v) is 7.13. The summed E-state index contributed by atoms with van der Waals surface area (Å²) in [5.41, 5.74) is 3.06. The Labute approximate surface area is 222 Å². The van der Waals surface area contributed by atoms with E-state index in [9.17, 15) is 4.79 Å². The van der Waals surface area contributed by atoms with E-state index in [0.29, 0.717) is 25.0 Å². The molecule has 0 N–H and O–H groups in total. The van der Waals surface area contributed by atoms with Crippen molar-refractivity contribution in [3.05, 3.63) is 75.9 Å². The standard InChI is InChI=1S/C28H35BrN4O3/c1-20(2)32-14-12-25(13-15-32)36-28(34)31(4)27-16-21(3)33(30-27)18-23-17-24(29)10-11-26(23)35-19-22-8-6-5-7-9-22/h5-11,16-17,20,25H,12-15,18-19H2,1-4H3. The van der Waals surface area contributed by atoms with E-state index in [-0.39, 0.29) is 12.2 Å². The molecule has 1 aliphatic rings. The van der Waals surface area contributed by atoms with Gasteiger partial charge in [-0.25, -0.2) is 4.79 Å². The van der Waals surface area contributed by atoms with Crippen molar-refractivity contribution in [3.8, 4) is 5.75 Å². The van der Waals surface area contributed by atoms with Gasteiger partial charge in [0.25, 0.3) is 0 Å². The predicted molar refractivity (Wildman–Crippen MR) is 146 cm³/mol. The summed E-state index contributed by atoms with van der Waals surface area (Å²) in [4.78, 5) is 16.7. The summed E-state index contributed by atoms with van der Waals surface area (Å²) in [5, 5.41) is 4.71. The lowest BCUT2D eigenvalue weighted by atomic mass is 10.1. The fraction of sp³-hybridized carbons (Fsp3) is 0.429. The number of carbonyl (C=O) groups excluding carboxylic acids is 1. The SMILES string of the molecule is Cc1cc(N(C)C(=O)OC2CCN(C(C)C)CC2)nn1Cc1cc(Br)ccc1OCc1ccccc1. The molecule has 1 aromatic heterocycles. The number of carbonyl (C=O) groups is 1. The molecule has 0 unspecified atom stereocenters. The van der Waals surface area contributed by atoms with Crippen LogP contribution in [0.3, 0.4) is 0 Å². The summed E-state index contributed by atoms with van der Waals surface area (Å²) >= 11 is 3.57. The van der Waals surface area contributed by atoms with Crippen LogP contribution in [-0.4, -0.2) is 53.1 Å². The predicted octanol–water partition coefficient (Wildman–Crippen LogP) is 6.03. The fourth-order valence-corrected chi connectivity index (χ4v) is 4.76. The van der Waals surface area contributed by atoms with E-state index in [2.05, 4.69) is 34.7 Å². The summed E-state index contributed by atoms with van der Waals surface area (Å²) in [6.07, 6.45) is 1.31. The van der Waals surface area contributed by atoms with Crippen molar-refractivity contribution < 1.29 is 14.3 Å². The van der Waals surface area contributed by atoms with E-state index in [1.807, 2.05) is 66.2 Å². The largest absolute Gasteiger partial charge is 0.489 e. The molecular weight excluding hydrogens is 520 g/mol. The van der Waals surface area contributed by atoms with Gasteiger partial charge in [0, 0.05) is 48.0 Å². The molecule has 192 valence electrons. The fourth-order valence-electron chi connectivity index (χ4n) is 4.35. The van der Waals surface area contributed by atoms with Crippen LogP contribution in [0.1, 0.15) is 43.5 Å². The van der Waals surface area contributed by atoms with Gasteiger partial charge in [0.05, 0.1) is 6.54 Å². The summed E-state index contributed by atoms with van der Waals surface area (Å²) in [6.45, 7) is 9.30. The number of rotatable bonds is 8. The molecule has 36 heavy (non-hydrogen) atoms. The minimum Gasteiger partial charge on any atom is -0.489 e. The Morgan fingerprint density at radius 1 is 1.14 bits per heavy atom. The summed E-state index contributed by atoms with van der Waals surface area (Å²) in [5.74, 6) is 1.37. The van der Waals surface area contributed by atoms with Gasteiger partial charge in [-0.05, 0) is 57.4 Å². The van der Waals surface area contributed by atoms with E-state index in [0.717, 1.165) is 53.0 Å². The van der Waals surface area contributed by atoms with Crippen molar-refractivity contribution in [3.63, 3.8) is 0 Å². The maximum absolute atomic E-state index is 12.8. The molecule has 1 saturated heterocycles. The van der Waals surface area contributed by atoms with Crippen LogP contribution in [0.25, 0.3) is 0 Å². The molecule has 0 aliphatic carbocycles. The third kappa shape index (κ3) is 6.68. The molecule has 7 nitrogen and oxygen atoms in total. The lowest BCUT2D eigenvalue weighted by Gasteiger charge is -2.34. The molecule has 1 aliphatic heterocycles. The zero-order valence-electron chi connectivity index (χ0n) is 21.5. The molecule has 1 fully saturated rings. The molecule has 0 atom stereocenters. The number of aromatic nitrogens is 2. The Hall–Kier alpha value is -2.84. The number of aryl methyl sites for hydroxylation is 1. The zero-order chi connectivity index (χ0) is 25.7. The molecule has 0 spiro atoms. The number of hydrogen-bond donors (Lipinski definition) is 0. The number of benzene rings is 2. The minimum absolute atomic E-state index is 0.0517. The molecule has 8 heteroatoms. The number of halogens is 1. The Kier molecular flexibility index (Phi) is 8.69. The van der Waals surface area contributed by atoms with E-state index in [4.69, 9.17) is 14.6 Å². The van der Waals surface area contributed by atoms with Crippen molar-refractivity contribution >= 4 is 27.8 Å². The normalized spacial score (nSPS) is 14.7. The topological polar surface area (TPSA) is 59.8 Å². The van der Waals surface area contributed by atoms with Gasteiger partial charge in [-0.3, -0.25) is 9.58 Å². The quantitative estimate of drug-likeness (QED) is 0.340. The van der Waals surface area contributed by atoms with Gasteiger partial charge < -0.3 is 14.4 Å². The molecular formula is C28H35BrN4O3. The molecule has 1 amide bonds. The number of ether oxygens (including phenoxy) is 2. The number of nitrogens with zero attached hydrogens (tertiary/aromatic N) is 4.